The summed E-state index contributed by atoms with van der Waals surface area (Å²) in [5.74, 6) is 4.01. The largest absolute Gasteiger partial charge is 0.355 e. The molecule has 5 fully saturated rings. The number of aromatic nitrogens is 21. The Morgan fingerprint density at radius 1 is 0.344 bits per heavy atom. The molecular formula is C92H106Cl3FN26. The van der Waals surface area contributed by atoms with Gasteiger partial charge in [0.25, 0.3) is 0 Å². The maximum atomic E-state index is 13.7. The van der Waals surface area contributed by atoms with Gasteiger partial charge >= 0.3 is 0 Å². The summed E-state index contributed by atoms with van der Waals surface area (Å²) in [7, 11) is 0. The zero-order chi connectivity index (χ0) is 85.2. The van der Waals surface area contributed by atoms with E-state index in [4.69, 9.17) is 49.8 Å². The number of H-pyrrole nitrogens is 5. The summed E-state index contributed by atoms with van der Waals surface area (Å²) in [4.78, 5) is 62.1. The van der Waals surface area contributed by atoms with Gasteiger partial charge in [0, 0.05) is 99.5 Å². The van der Waals surface area contributed by atoms with Crippen molar-refractivity contribution in [2.45, 2.75) is 154 Å². The van der Waals surface area contributed by atoms with Crippen LogP contribution < -0.4 is 24.5 Å². The van der Waals surface area contributed by atoms with Gasteiger partial charge in [0.05, 0.1) is 69.5 Å². The molecule has 4 aromatic carbocycles. The molecule has 5 N–H and O–H groups in total. The lowest BCUT2D eigenvalue weighted by molar-refractivity contribution is 0.238. The third-order valence-electron chi connectivity index (χ3n) is 25.2. The highest BCUT2D eigenvalue weighted by Gasteiger charge is 2.34. The van der Waals surface area contributed by atoms with E-state index in [1.165, 1.54) is 49.3 Å². The molecular weight excluding hydrogens is 1590 g/mol. The van der Waals surface area contributed by atoms with E-state index in [1.807, 2.05) is 61.2 Å². The average Bonchev–Trinajstić information content (AvgIpc) is 1.64. The highest BCUT2D eigenvalue weighted by Crippen LogP contribution is 2.41. The minimum absolute atomic E-state index is 0.0530. The lowest BCUT2D eigenvalue weighted by Crippen LogP contribution is -2.38. The van der Waals surface area contributed by atoms with E-state index in [2.05, 4.69) is 247 Å². The van der Waals surface area contributed by atoms with E-state index in [0.29, 0.717) is 87.8 Å². The molecule has 30 heteroatoms. The van der Waals surface area contributed by atoms with Crippen LogP contribution in [-0.2, 0) is 0 Å². The number of rotatable bonds is 11. The van der Waals surface area contributed by atoms with Crippen molar-refractivity contribution in [2.24, 2.45) is 27.1 Å². The zero-order valence-corrected chi connectivity index (χ0v) is 73.8. The second-order valence-corrected chi connectivity index (χ2v) is 37.6. The van der Waals surface area contributed by atoms with Gasteiger partial charge in [-0.1, -0.05) is 188 Å². The number of hydrogen-bond donors (Lipinski definition) is 5. The van der Waals surface area contributed by atoms with Crippen molar-refractivity contribution in [3.05, 3.63) is 172 Å². The molecule has 5 aliphatic heterocycles. The molecule has 20 rings (SSSR count). The van der Waals surface area contributed by atoms with Crippen molar-refractivity contribution in [1.82, 2.24) is 106 Å². The average molecular weight is 1700 g/mol. The molecule has 11 aromatic heterocycles. The monoisotopic (exact) mass is 1700 g/mol. The fourth-order valence-electron chi connectivity index (χ4n) is 16.2. The Morgan fingerprint density at radius 3 is 0.992 bits per heavy atom. The predicted molar refractivity (Wildman–Crippen MR) is 489 cm³/mol. The Labute approximate surface area is 724 Å². The molecule has 15 aromatic rings. The molecule has 26 nitrogen and oxygen atoms in total. The van der Waals surface area contributed by atoms with Crippen molar-refractivity contribution in [2.75, 3.05) is 89.9 Å². The van der Waals surface area contributed by atoms with Crippen LogP contribution in [0.1, 0.15) is 151 Å². The number of aromatic amines is 5. The van der Waals surface area contributed by atoms with Crippen molar-refractivity contribution < 1.29 is 4.39 Å². The van der Waals surface area contributed by atoms with Crippen molar-refractivity contribution in [3.63, 3.8) is 0 Å². The van der Waals surface area contributed by atoms with Gasteiger partial charge in [0.15, 0.2) is 0 Å². The summed E-state index contributed by atoms with van der Waals surface area (Å²) >= 11 is 18.6. The predicted octanol–water partition coefficient (Wildman–Crippen LogP) is 20.7. The van der Waals surface area contributed by atoms with Gasteiger partial charge in [0.2, 0.25) is 28.2 Å². The summed E-state index contributed by atoms with van der Waals surface area (Å²) in [6.07, 6.45) is 23.8. The molecule has 5 aliphatic rings. The molecule has 0 bridgehead atoms. The van der Waals surface area contributed by atoms with E-state index in [1.54, 1.807) is 24.5 Å². The number of nitrogens with one attached hydrogen (secondary N) is 5. The van der Waals surface area contributed by atoms with Crippen LogP contribution >= 0.6 is 34.8 Å². The molecule has 0 atom stereocenters. The Kier molecular flexibility index (Phi) is 24.3. The minimum atomic E-state index is -0.470. The van der Waals surface area contributed by atoms with Crippen LogP contribution in [-0.4, -0.2) is 171 Å². The number of fused-ring (bicyclic) bond motifs is 5. The zero-order valence-electron chi connectivity index (χ0n) is 71.5. The first-order valence-electron chi connectivity index (χ1n) is 42.4. The van der Waals surface area contributed by atoms with Crippen molar-refractivity contribution in [3.8, 4) is 56.3 Å². The minimum Gasteiger partial charge on any atom is -0.355 e. The van der Waals surface area contributed by atoms with Gasteiger partial charge in [-0.15, -0.1) is 0 Å². The normalized spacial score (nSPS) is 17.3. The van der Waals surface area contributed by atoms with E-state index >= 15 is 0 Å². The van der Waals surface area contributed by atoms with Crippen molar-refractivity contribution >= 4 is 120 Å². The second-order valence-electron chi connectivity index (χ2n) is 36.4. The molecule has 0 radical (unpaired) electrons. The topological polar surface area (TPSA) is 301 Å². The highest BCUT2D eigenvalue weighted by molar-refractivity contribution is 6.34. The third-order valence-corrected chi connectivity index (χ3v) is 26.2. The molecule has 5 saturated heterocycles. The van der Waals surface area contributed by atoms with Gasteiger partial charge < -0.3 is 24.5 Å². The first kappa shape index (κ1) is 84.2. The van der Waals surface area contributed by atoms with Crippen LogP contribution in [0.5, 0.6) is 0 Å². The number of aryl methyl sites for hydroxylation is 2. The summed E-state index contributed by atoms with van der Waals surface area (Å²) in [6.45, 7) is 37.5. The van der Waals surface area contributed by atoms with Gasteiger partial charge in [-0.25, -0.2) is 59.2 Å². The molecule has 0 spiro atoms. The number of halogens is 4. The number of anilines is 5. The van der Waals surface area contributed by atoms with E-state index in [0.717, 1.165) is 195 Å². The molecule has 16 heterocycles. The maximum Gasteiger partial charge on any atom is 0.202 e. The lowest BCUT2D eigenvalue weighted by atomic mass is 9.78. The molecule has 122 heavy (non-hydrogen) atoms. The number of benzene rings is 4. The van der Waals surface area contributed by atoms with Crippen LogP contribution in [0, 0.1) is 46.7 Å². The highest BCUT2D eigenvalue weighted by atomic mass is 35.5. The smallest absolute Gasteiger partial charge is 0.202 e. The van der Waals surface area contributed by atoms with Crippen LogP contribution in [0.2, 0.25) is 15.2 Å². The first-order valence-corrected chi connectivity index (χ1v) is 43.5. The lowest BCUT2D eigenvalue weighted by Gasteiger charge is -2.39. The fraction of sp³-hybridized carbons (Fsp3) is 0.413. The second kappa shape index (κ2) is 35.2. The number of piperidine rings is 5. The summed E-state index contributed by atoms with van der Waals surface area (Å²) in [5, 5.41) is 38.0. The van der Waals surface area contributed by atoms with Gasteiger partial charge in [-0.05, 0) is 142 Å². The summed E-state index contributed by atoms with van der Waals surface area (Å²) in [5.41, 5.74) is 19.8. The van der Waals surface area contributed by atoms with Gasteiger partial charge in [0.1, 0.15) is 67.6 Å². The van der Waals surface area contributed by atoms with Crippen molar-refractivity contribution in [1.29, 1.82) is 0 Å². The van der Waals surface area contributed by atoms with Crippen LogP contribution in [0.25, 0.3) is 112 Å². The van der Waals surface area contributed by atoms with Crippen LogP contribution in [0.3, 0.4) is 0 Å². The Bertz CT molecular complexity index is 6030. The standard InChI is InChI=1S/C20H25N5.C19H23N5.C18H19ClFN5.C18H20ClN5.C17H19ClN6/c1-4-20(3)8-10-25(11-9-20)16-13-21-18-17(23-24-19(18)22-16)15-7-5-6-14(2)12-15;1-13-5-4-6-14(11-13)16-17-18(23-22-16)21-15(12-20-17)24-9-7-19(2,3)8-10-24;1-18(2)6-8-25(9-7-18)13-10-21-16-15(23-24-17(16)22-13)11-4-3-5-12(20)14(11)19;1-18(2)7-9-24(10-8-18)14-11-20-16-15(22-23-17(16)21-14)12-5-3-4-6-13(12)19;1-17(2)5-8-24(9-6-17)12-10-20-14-13(22-23-16(14)21-12)11-4-3-7-19-15(11)18/h5-7,12-13H,4,8-11H2,1-3H3,(H,22,23,24);4-6,11-12H,7-10H2,1-3H3,(H,21,22,23);3-5,10H,6-9H2,1-2H3,(H,22,23,24);3-6,11H,7-10H2,1-2H3,(H,21,22,23);3-4,7,10H,5-6,8-9H2,1-2H3,(H,21,22,23). The summed E-state index contributed by atoms with van der Waals surface area (Å²) in [6, 6.07) is 32.8. The number of pyridine rings is 1. The third kappa shape index (κ3) is 18.9. The fourth-order valence-corrected chi connectivity index (χ4v) is 16.9. The van der Waals surface area contributed by atoms with Crippen LogP contribution in [0.15, 0.2) is 140 Å². The summed E-state index contributed by atoms with van der Waals surface area (Å²) < 4.78 is 13.7. The SMILES string of the molecule is CC1(C)CCN(c2cnc3c(-c4cccc(F)c4Cl)[nH]nc3n2)CC1.CC1(C)CCN(c2cnc3c(-c4ccccc4Cl)[nH]nc3n2)CC1.CC1(C)CCN(c2cnc3c(-c4cccnc4Cl)[nH]nc3n2)CC1.CCC1(C)CCN(c2cnc3c(-c4cccc(C)c4)[nH]nc3n2)CC1.Cc1cccc(-c2[nH]nc3nc(N4CCC(C)(C)CC4)cnc23)c1. The Hall–Kier alpha value is -11.4. The number of nitrogens with zero attached hydrogens (tertiary/aromatic N) is 21. The Balaban J connectivity index is 0.000000113. The molecule has 0 saturated carbocycles. The van der Waals surface area contributed by atoms with Gasteiger partial charge in [-0.2, -0.15) is 25.5 Å². The first-order chi connectivity index (χ1) is 58.6. The molecule has 0 unspecified atom stereocenters. The molecule has 0 amide bonds. The molecule has 0 aliphatic carbocycles. The van der Waals surface area contributed by atoms with E-state index in [9.17, 15) is 4.39 Å². The maximum absolute atomic E-state index is 13.7. The van der Waals surface area contributed by atoms with Gasteiger partial charge in [-0.3, -0.25) is 25.5 Å². The number of hydrogen-bond acceptors (Lipinski definition) is 21. The Morgan fingerprint density at radius 2 is 0.648 bits per heavy atom. The van der Waals surface area contributed by atoms with E-state index in [-0.39, 0.29) is 5.02 Å². The molecule has 632 valence electrons. The quantitative estimate of drug-likeness (QED) is 0.0752. The van der Waals surface area contributed by atoms with E-state index < -0.39 is 5.82 Å². The van der Waals surface area contributed by atoms with Crippen LogP contribution in [0.4, 0.5) is 33.5 Å².